The monoisotopic (exact) mass is 385 g/mol. The van der Waals surface area contributed by atoms with Crippen molar-refractivity contribution in [1.29, 1.82) is 0 Å². The van der Waals surface area contributed by atoms with Crippen LogP contribution in [0, 0.1) is 0 Å². The van der Waals surface area contributed by atoms with Gasteiger partial charge in [-0.2, -0.15) is 0 Å². The summed E-state index contributed by atoms with van der Waals surface area (Å²) in [4.78, 5) is 13.3. The number of hydrogen-bond donors (Lipinski definition) is 0. The van der Waals surface area contributed by atoms with E-state index < -0.39 is 0 Å². The van der Waals surface area contributed by atoms with E-state index in [1.54, 1.807) is 4.90 Å². The van der Waals surface area contributed by atoms with Crippen molar-refractivity contribution >= 4 is 22.1 Å². The van der Waals surface area contributed by atoms with Crippen LogP contribution in [0.2, 0.25) is 0 Å². The van der Waals surface area contributed by atoms with Gasteiger partial charge in [0.1, 0.15) is 0 Å². The second-order valence-electron chi connectivity index (χ2n) is 3.36. The molecule has 2 nitrogen and oxygen atoms in total. The van der Waals surface area contributed by atoms with Crippen LogP contribution in [-0.4, -0.2) is 17.4 Å². The van der Waals surface area contributed by atoms with Crippen molar-refractivity contribution in [2.45, 2.75) is 13.3 Å². The van der Waals surface area contributed by atoms with Crippen LogP contribution in [0.15, 0.2) is 30.3 Å². The summed E-state index contributed by atoms with van der Waals surface area (Å²) >= 11 is 1.42. The Morgan fingerprint density at radius 2 is 2.12 bits per heavy atom. The second-order valence-corrected chi connectivity index (χ2v) is 4.34. The van der Waals surface area contributed by atoms with Gasteiger partial charge in [0.25, 0.3) is 0 Å². The molecule has 0 aromatic heterocycles. The molecule has 3 heteroatoms. The van der Waals surface area contributed by atoms with Crippen molar-refractivity contribution in [2.24, 2.45) is 0 Å². The van der Waals surface area contributed by atoms with Crippen molar-refractivity contribution in [3.05, 3.63) is 35.9 Å². The fourth-order valence-electron chi connectivity index (χ4n) is 1.45. The van der Waals surface area contributed by atoms with Crippen LogP contribution in [0.5, 0.6) is 0 Å². The molecule has 0 aliphatic rings. The number of hydrogen-bond acceptors (Lipinski definition) is 1. The number of rotatable bonds is 4. The van der Waals surface area contributed by atoms with E-state index in [4.69, 9.17) is 0 Å². The van der Waals surface area contributed by atoms with E-state index in [2.05, 4.69) is 4.40 Å². The molecule has 0 N–H and O–H groups in total. The van der Waals surface area contributed by atoms with Gasteiger partial charge in [-0.25, -0.2) is 0 Å². The predicted octanol–water partition coefficient (Wildman–Crippen LogP) is 2.42. The molecular formula is C13H15NOW. The second kappa shape index (κ2) is 6.54. The zero-order chi connectivity index (χ0) is 12.0. The molecule has 0 bridgehead atoms. The molecule has 16 heavy (non-hydrogen) atoms. The molecule has 0 saturated carbocycles. The van der Waals surface area contributed by atoms with Gasteiger partial charge in [-0.15, -0.1) is 0 Å². The summed E-state index contributed by atoms with van der Waals surface area (Å²) in [5.41, 5.74) is 2.03. The van der Waals surface area contributed by atoms with Gasteiger partial charge in [0, 0.05) is 0 Å². The zero-order valence-corrected chi connectivity index (χ0v) is 12.4. The maximum absolute atomic E-state index is 11.6. The van der Waals surface area contributed by atoms with Gasteiger partial charge in [0.2, 0.25) is 0 Å². The summed E-state index contributed by atoms with van der Waals surface area (Å²) in [6.45, 7) is 1.88. The number of carbonyl (C=O) groups is 1. The summed E-state index contributed by atoms with van der Waals surface area (Å²) in [6, 6.07) is 7.92. The van der Waals surface area contributed by atoms with Crippen LogP contribution in [-0.2, 0) is 24.1 Å². The molecule has 1 aromatic carbocycles. The maximum atomic E-state index is 11.6. The summed E-state index contributed by atoms with van der Waals surface area (Å²) < 4.78 is 2.05. The molecule has 1 amide bonds. The fraction of sp³-hybridized carbons (Fsp3) is 0.231. The van der Waals surface area contributed by atoms with Crippen molar-refractivity contribution in [2.75, 3.05) is 11.9 Å². The number of amides is 1. The van der Waals surface area contributed by atoms with E-state index in [-0.39, 0.29) is 5.91 Å². The zero-order valence-electron chi connectivity index (χ0n) is 9.51. The van der Waals surface area contributed by atoms with Crippen molar-refractivity contribution in [1.82, 2.24) is 0 Å². The van der Waals surface area contributed by atoms with Crippen LogP contribution in [0.1, 0.15) is 18.9 Å². The summed E-state index contributed by atoms with van der Waals surface area (Å²) in [6.07, 6.45) is 4.57. The first kappa shape index (κ1) is 13.1. The number of para-hydroxylation sites is 1. The first-order valence-electron chi connectivity index (χ1n) is 5.18. The van der Waals surface area contributed by atoms with Gasteiger partial charge >= 0.3 is 107 Å². The fourth-order valence-corrected chi connectivity index (χ4v) is 1.73. The standard InChI is InChI=1S/C13H15NO.W/c1-4-8-11-9-6-7-10-12(11)14(3)13(15)5-2;/h1,4,6-10H,5H2,2-3H3;. The third-order valence-corrected chi connectivity index (χ3v) is 2.89. The molecule has 0 aliphatic heterocycles. The first-order chi connectivity index (χ1) is 7.70. The van der Waals surface area contributed by atoms with Crippen LogP contribution < -0.4 is 4.90 Å². The predicted molar refractivity (Wildman–Crippen MR) is 65.2 cm³/mol. The molecule has 0 spiro atoms. The van der Waals surface area contributed by atoms with Gasteiger partial charge in [-0.05, 0) is 0 Å². The van der Waals surface area contributed by atoms with E-state index in [1.165, 1.54) is 19.4 Å². The topological polar surface area (TPSA) is 20.3 Å². The molecule has 84 valence electrons. The van der Waals surface area contributed by atoms with Crippen LogP contribution in [0.4, 0.5) is 5.69 Å². The molecule has 0 saturated heterocycles. The van der Waals surface area contributed by atoms with Crippen molar-refractivity contribution in [3.8, 4) is 0 Å². The summed E-state index contributed by atoms with van der Waals surface area (Å²) in [5.74, 6) is 0.131. The number of anilines is 1. The Morgan fingerprint density at radius 3 is 2.75 bits per heavy atom. The van der Waals surface area contributed by atoms with Crippen molar-refractivity contribution < 1.29 is 24.1 Å². The number of nitrogens with zero attached hydrogens (tertiary/aromatic N) is 1. The Labute approximate surface area is 107 Å². The Bertz CT molecular complexity index is 412. The van der Waals surface area contributed by atoms with Crippen LogP contribution >= 0.6 is 0 Å². The Hall–Kier alpha value is -1.01. The Kier molecular flexibility index (Phi) is 5.34. The molecule has 0 atom stereocenters. The first-order valence-corrected chi connectivity index (χ1v) is 6.87. The van der Waals surface area contributed by atoms with E-state index in [9.17, 15) is 4.79 Å². The van der Waals surface area contributed by atoms with Crippen LogP contribution in [0.3, 0.4) is 0 Å². The normalized spacial score (nSPS) is 10.4. The molecule has 0 heterocycles. The molecule has 1 aromatic rings. The number of carbonyl (C=O) groups excluding carboxylic acids is 1. The van der Waals surface area contributed by atoms with Crippen molar-refractivity contribution in [3.63, 3.8) is 0 Å². The molecule has 0 fully saturated rings. The third-order valence-electron chi connectivity index (χ3n) is 2.33. The number of allylic oxidation sites excluding steroid dienone is 1. The van der Waals surface area contributed by atoms with Gasteiger partial charge < -0.3 is 0 Å². The van der Waals surface area contributed by atoms with Gasteiger partial charge in [-0.1, -0.05) is 0 Å². The summed E-state index contributed by atoms with van der Waals surface area (Å²) in [7, 11) is 1.82. The Balaban J connectivity index is 3.07. The Morgan fingerprint density at radius 1 is 1.44 bits per heavy atom. The molecule has 0 unspecified atom stereocenters. The van der Waals surface area contributed by atoms with Gasteiger partial charge in [0.15, 0.2) is 0 Å². The summed E-state index contributed by atoms with van der Waals surface area (Å²) in [5, 5.41) is 0. The van der Waals surface area contributed by atoms with E-state index in [0.29, 0.717) is 6.42 Å². The van der Waals surface area contributed by atoms with E-state index in [0.717, 1.165) is 11.3 Å². The minimum absolute atomic E-state index is 0.131. The van der Waals surface area contributed by atoms with Crippen LogP contribution in [0.25, 0.3) is 6.08 Å². The molecule has 0 aliphatic carbocycles. The average Bonchev–Trinajstić information content (AvgIpc) is 2.34. The third kappa shape index (κ3) is 3.24. The quantitative estimate of drug-likeness (QED) is 0.780. The molecular weight excluding hydrogens is 370 g/mol. The minimum atomic E-state index is 0.131. The molecule has 0 radical (unpaired) electrons. The van der Waals surface area contributed by atoms with Gasteiger partial charge in [0.05, 0.1) is 0 Å². The molecule has 1 rings (SSSR count). The SMILES string of the molecule is CCC(=O)N(C)c1ccccc1C=C[CH]=[W]. The average molecular weight is 385 g/mol. The van der Waals surface area contributed by atoms with E-state index in [1.807, 2.05) is 50.4 Å². The number of benzene rings is 1. The van der Waals surface area contributed by atoms with E-state index >= 15 is 0 Å². The van der Waals surface area contributed by atoms with Gasteiger partial charge in [-0.3, -0.25) is 0 Å².